The average molecular weight is 375 g/mol. The van der Waals surface area contributed by atoms with Crippen molar-refractivity contribution in [3.05, 3.63) is 47.8 Å². The van der Waals surface area contributed by atoms with Crippen molar-refractivity contribution < 1.29 is 18.0 Å². The molecular formula is C18H16F3N5O. The highest BCUT2D eigenvalue weighted by molar-refractivity contribution is 5.94. The number of nitrogens with one attached hydrogen (secondary N) is 1. The molecule has 0 bridgehead atoms. The number of carbonyl (C=O) groups is 1. The number of hydrogen-bond acceptors (Lipinski definition) is 4. The predicted octanol–water partition coefficient (Wildman–Crippen LogP) is 3.59. The molecule has 2 aromatic rings. The summed E-state index contributed by atoms with van der Waals surface area (Å²) in [6.45, 7) is 0.330. The molecule has 9 heteroatoms. The molecule has 1 amide bonds. The molecule has 0 spiro atoms. The molecule has 3 rings (SSSR count). The number of hydrogen-bond donors (Lipinski definition) is 1. The largest absolute Gasteiger partial charge is 0.433 e. The lowest BCUT2D eigenvalue weighted by Gasteiger charge is -2.12. The summed E-state index contributed by atoms with van der Waals surface area (Å²) in [6.07, 6.45) is 3.46. The molecule has 140 valence electrons. The van der Waals surface area contributed by atoms with Crippen LogP contribution in [0.5, 0.6) is 0 Å². The van der Waals surface area contributed by atoms with Gasteiger partial charge >= 0.3 is 6.18 Å². The van der Waals surface area contributed by atoms with Gasteiger partial charge in [0, 0.05) is 31.4 Å². The number of nitrogens with zero attached hydrogens (tertiary/aromatic N) is 4. The number of benzene rings is 1. The van der Waals surface area contributed by atoms with Crippen LogP contribution >= 0.6 is 0 Å². The lowest BCUT2D eigenvalue weighted by molar-refractivity contribution is -0.142. The topological polar surface area (TPSA) is 71.6 Å². The average Bonchev–Trinajstić information content (AvgIpc) is 3.21. The number of terminal acetylenes is 1. The van der Waals surface area contributed by atoms with E-state index in [1.165, 1.54) is 24.3 Å². The van der Waals surface area contributed by atoms with Crippen molar-refractivity contribution in [2.45, 2.75) is 31.1 Å². The number of carbonyl (C=O) groups excluding carboxylic acids is 1. The Bertz CT molecular complexity index is 904. The van der Waals surface area contributed by atoms with E-state index in [9.17, 15) is 18.0 Å². The molecule has 0 saturated carbocycles. The monoisotopic (exact) mass is 375 g/mol. The van der Waals surface area contributed by atoms with E-state index in [2.05, 4.69) is 26.6 Å². The Labute approximate surface area is 153 Å². The van der Waals surface area contributed by atoms with Gasteiger partial charge < -0.3 is 5.32 Å². The van der Waals surface area contributed by atoms with E-state index in [1.54, 1.807) is 0 Å². The molecule has 6 nitrogen and oxygen atoms in total. The summed E-state index contributed by atoms with van der Waals surface area (Å²) in [4.78, 5) is 12.3. The molecule has 0 saturated heterocycles. The number of halogens is 3. The second-order valence-electron chi connectivity index (χ2n) is 6.07. The summed E-state index contributed by atoms with van der Waals surface area (Å²) < 4.78 is 39.8. The molecule has 0 atom stereocenters. The zero-order valence-electron chi connectivity index (χ0n) is 14.2. The zero-order chi connectivity index (χ0) is 19.5. The third-order valence-corrected chi connectivity index (χ3v) is 4.15. The van der Waals surface area contributed by atoms with Gasteiger partial charge in [-0.25, -0.2) is 4.68 Å². The minimum atomic E-state index is -4.54. The van der Waals surface area contributed by atoms with Crippen LogP contribution in [0.4, 0.5) is 13.2 Å². The Kier molecular flexibility index (Phi) is 4.99. The molecule has 1 aliphatic rings. The Morgan fingerprint density at radius 1 is 1.26 bits per heavy atom. The minimum Gasteiger partial charge on any atom is -0.352 e. The molecule has 27 heavy (non-hydrogen) atoms. The van der Waals surface area contributed by atoms with Crippen molar-refractivity contribution in [3.63, 3.8) is 0 Å². The summed E-state index contributed by atoms with van der Waals surface area (Å²) in [5.74, 6) is 2.13. The first-order valence-corrected chi connectivity index (χ1v) is 8.22. The molecule has 0 fully saturated rings. The van der Waals surface area contributed by atoms with Crippen LogP contribution < -0.4 is 5.32 Å². The highest BCUT2D eigenvalue weighted by Crippen LogP contribution is 2.36. The second kappa shape index (κ2) is 7.23. The number of aromatic nitrogens is 2. The maximum atomic E-state index is 13.0. The molecular weight excluding hydrogens is 359 g/mol. The first-order valence-electron chi connectivity index (χ1n) is 8.22. The van der Waals surface area contributed by atoms with Gasteiger partial charge in [-0.15, -0.1) is 12.3 Å². The highest BCUT2D eigenvalue weighted by Gasteiger charge is 2.38. The van der Waals surface area contributed by atoms with Crippen LogP contribution in [-0.4, -0.2) is 27.9 Å². The first kappa shape index (κ1) is 18.6. The van der Waals surface area contributed by atoms with Crippen molar-refractivity contribution in [2.75, 3.05) is 6.54 Å². The Morgan fingerprint density at radius 2 is 2.04 bits per heavy atom. The second-order valence-corrected chi connectivity index (χ2v) is 6.07. The van der Waals surface area contributed by atoms with Crippen LogP contribution in [-0.2, 0) is 6.18 Å². The van der Waals surface area contributed by atoms with E-state index in [-0.39, 0.29) is 11.3 Å². The maximum Gasteiger partial charge on any atom is 0.433 e. The Hall–Kier alpha value is -3.15. The summed E-state index contributed by atoms with van der Waals surface area (Å²) in [7, 11) is 0. The fourth-order valence-electron chi connectivity index (χ4n) is 2.65. The fourth-order valence-corrected chi connectivity index (χ4v) is 2.65. The zero-order valence-corrected chi connectivity index (χ0v) is 14.2. The molecule has 0 unspecified atom stereocenters. The maximum absolute atomic E-state index is 13.0. The van der Waals surface area contributed by atoms with Gasteiger partial charge in [0.2, 0.25) is 0 Å². The van der Waals surface area contributed by atoms with Crippen LogP contribution in [0, 0.1) is 12.3 Å². The molecule has 1 N–H and O–H groups in total. The summed E-state index contributed by atoms with van der Waals surface area (Å²) in [5, 5.41) is 14.4. The molecule has 1 aromatic carbocycles. The van der Waals surface area contributed by atoms with Crippen molar-refractivity contribution in [1.82, 2.24) is 15.1 Å². The highest BCUT2D eigenvalue weighted by atomic mass is 19.4. The number of amides is 1. The van der Waals surface area contributed by atoms with Crippen LogP contribution in [0.3, 0.4) is 0 Å². The SMILES string of the molecule is C#CCCC1(CCNC(=O)c2cccc(-n3nccc3C(F)(F)F)c2)N=N1. The van der Waals surface area contributed by atoms with Crippen LogP contribution in [0.1, 0.15) is 35.3 Å². The Balaban J connectivity index is 1.65. The van der Waals surface area contributed by atoms with E-state index in [0.29, 0.717) is 25.8 Å². The normalized spacial score (nSPS) is 14.6. The van der Waals surface area contributed by atoms with Gasteiger partial charge in [-0.3, -0.25) is 4.79 Å². The van der Waals surface area contributed by atoms with Gasteiger partial charge in [0.05, 0.1) is 11.9 Å². The van der Waals surface area contributed by atoms with Crippen molar-refractivity contribution >= 4 is 5.91 Å². The third-order valence-electron chi connectivity index (χ3n) is 4.15. The van der Waals surface area contributed by atoms with E-state index < -0.39 is 23.4 Å². The van der Waals surface area contributed by atoms with Gasteiger partial charge in [-0.2, -0.15) is 28.5 Å². The standard InChI is InChI=1S/C18H16F3N5O/c1-2-3-8-17(24-25-17)9-11-22-16(27)13-5-4-6-14(12-13)26-15(7-10-23-26)18(19,20)21/h1,4-7,10,12H,3,8-9,11H2,(H,22,27). The van der Waals surface area contributed by atoms with Crippen LogP contribution in [0.15, 0.2) is 46.8 Å². The van der Waals surface area contributed by atoms with E-state index in [0.717, 1.165) is 16.9 Å². The molecule has 1 aromatic heterocycles. The lowest BCUT2D eigenvalue weighted by atomic mass is 10.0. The van der Waals surface area contributed by atoms with E-state index in [1.807, 2.05) is 0 Å². The quantitative estimate of drug-likeness (QED) is 0.752. The van der Waals surface area contributed by atoms with E-state index in [4.69, 9.17) is 6.42 Å². The van der Waals surface area contributed by atoms with Crippen LogP contribution in [0.25, 0.3) is 5.69 Å². The van der Waals surface area contributed by atoms with E-state index >= 15 is 0 Å². The lowest BCUT2D eigenvalue weighted by Crippen LogP contribution is -2.28. The Morgan fingerprint density at radius 3 is 2.70 bits per heavy atom. The van der Waals surface area contributed by atoms with Gasteiger partial charge in [0.1, 0.15) is 5.69 Å². The summed E-state index contributed by atoms with van der Waals surface area (Å²) >= 11 is 0. The third kappa shape index (κ3) is 4.34. The smallest absolute Gasteiger partial charge is 0.352 e. The molecule has 2 heterocycles. The molecule has 1 aliphatic heterocycles. The fraction of sp³-hybridized carbons (Fsp3) is 0.333. The van der Waals surface area contributed by atoms with Crippen molar-refractivity contribution in [2.24, 2.45) is 10.2 Å². The molecule has 0 aliphatic carbocycles. The summed E-state index contributed by atoms with van der Waals surface area (Å²) in [5.41, 5.74) is -1.03. The van der Waals surface area contributed by atoms with Gasteiger partial charge in [-0.1, -0.05) is 6.07 Å². The molecule has 0 radical (unpaired) electrons. The van der Waals surface area contributed by atoms with Crippen LogP contribution in [0.2, 0.25) is 0 Å². The van der Waals surface area contributed by atoms with Gasteiger partial charge in [0.25, 0.3) is 5.91 Å². The first-order chi connectivity index (χ1) is 12.8. The minimum absolute atomic E-state index is 0.151. The summed E-state index contributed by atoms with van der Waals surface area (Å²) in [6, 6.07) is 6.72. The number of alkyl halides is 3. The van der Waals surface area contributed by atoms with Crippen molar-refractivity contribution in [3.8, 4) is 18.0 Å². The van der Waals surface area contributed by atoms with Gasteiger partial charge in [0.15, 0.2) is 5.66 Å². The predicted molar refractivity (Wildman–Crippen MR) is 91.2 cm³/mol. The number of rotatable bonds is 7. The van der Waals surface area contributed by atoms with Crippen molar-refractivity contribution in [1.29, 1.82) is 0 Å². The van der Waals surface area contributed by atoms with Gasteiger partial charge in [-0.05, 0) is 24.3 Å².